The van der Waals surface area contributed by atoms with Gasteiger partial charge >= 0.3 is 0 Å². The number of para-hydroxylation sites is 1. The molecular weight excluding hydrogens is 382 g/mol. The monoisotopic (exact) mass is 408 g/mol. The molecule has 0 spiro atoms. The highest BCUT2D eigenvalue weighted by molar-refractivity contribution is 5.92. The molecule has 1 heterocycles. The van der Waals surface area contributed by atoms with Gasteiger partial charge in [0.25, 0.3) is 11.6 Å². The average Bonchev–Trinajstić information content (AvgIpc) is 2.98. The van der Waals surface area contributed by atoms with Gasteiger partial charge in [0, 0.05) is 17.8 Å². The van der Waals surface area contributed by atoms with Gasteiger partial charge in [0.2, 0.25) is 0 Å². The van der Waals surface area contributed by atoms with Gasteiger partial charge in [0.1, 0.15) is 6.54 Å². The van der Waals surface area contributed by atoms with E-state index in [0.717, 1.165) is 27.5 Å². The third-order valence-electron chi connectivity index (χ3n) is 5.08. The first-order valence-electron chi connectivity index (χ1n) is 9.73. The van der Waals surface area contributed by atoms with Crippen LogP contribution in [0.25, 0.3) is 5.69 Å². The molecular formula is C22H26N5O3+. The van der Waals surface area contributed by atoms with Gasteiger partial charge in [-0.25, -0.2) is 4.68 Å². The Morgan fingerprint density at radius 2 is 1.87 bits per heavy atom. The summed E-state index contributed by atoms with van der Waals surface area (Å²) in [5.41, 5.74) is 5.39. The number of carbonyl (C=O) groups excluding carboxylic acids is 1. The van der Waals surface area contributed by atoms with Crippen molar-refractivity contribution in [2.45, 2.75) is 27.3 Å². The van der Waals surface area contributed by atoms with E-state index < -0.39 is 4.92 Å². The highest BCUT2D eigenvalue weighted by Gasteiger charge is 2.19. The molecule has 30 heavy (non-hydrogen) atoms. The molecule has 0 bridgehead atoms. The number of nitrogens with zero attached hydrogens (tertiary/aromatic N) is 3. The molecule has 2 aromatic carbocycles. The number of non-ortho nitro benzene ring substituents is 1. The molecule has 1 atom stereocenters. The molecule has 0 aliphatic carbocycles. The summed E-state index contributed by atoms with van der Waals surface area (Å²) >= 11 is 0. The number of anilines is 1. The fraction of sp³-hybridized carbons (Fsp3) is 0.273. The Labute approximate surface area is 175 Å². The second-order valence-electron chi connectivity index (χ2n) is 7.51. The summed E-state index contributed by atoms with van der Waals surface area (Å²) < 4.78 is 1.93. The number of carbonyl (C=O) groups is 1. The number of hydrogen-bond acceptors (Lipinski definition) is 4. The predicted molar refractivity (Wildman–Crippen MR) is 115 cm³/mol. The van der Waals surface area contributed by atoms with Crippen molar-refractivity contribution in [2.24, 2.45) is 0 Å². The van der Waals surface area contributed by atoms with E-state index in [2.05, 4.69) is 10.4 Å². The van der Waals surface area contributed by atoms with E-state index in [1.165, 1.54) is 12.1 Å². The Hall–Kier alpha value is -3.52. The van der Waals surface area contributed by atoms with E-state index in [0.29, 0.717) is 17.8 Å². The molecule has 0 radical (unpaired) electrons. The minimum atomic E-state index is -0.448. The summed E-state index contributed by atoms with van der Waals surface area (Å²) in [5, 5.41) is 18.4. The molecule has 156 valence electrons. The number of aryl methyl sites for hydroxylation is 2. The Morgan fingerprint density at radius 3 is 2.50 bits per heavy atom. The van der Waals surface area contributed by atoms with Crippen LogP contribution in [0, 0.1) is 30.9 Å². The van der Waals surface area contributed by atoms with Crippen LogP contribution in [0.4, 0.5) is 11.4 Å². The highest BCUT2D eigenvalue weighted by Crippen LogP contribution is 2.21. The van der Waals surface area contributed by atoms with Crippen LogP contribution in [-0.4, -0.2) is 34.2 Å². The van der Waals surface area contributed by atoms with E-state index in [1.807, 2.05) is 55.9 Å². The van der Waals surface area contributed by atoms with Gasteiger partial charge in [0.05, 0.1) is 34.6 Å². The summed E-state index contributed by atoms with van der Waals surface area (Å²) in [6.07, 6.45) is 0. The Kier molecular flexibility index (Phi) is 6.27. The number of likely N-dealkylation sites (N-methyl/N-ethyl adjacent to an activating group) is 1. The molecule has 8 heteroatoms. The van der Waals surface area contributed by atoms with Crippen molar-refractivity contribution in [1.82, 2.24) is 9.78 Å². The van der Waals surface area contributed by atoms with Crippen LogP contribution in [0.15, 0.2) is 48.5 Å². The van der Waals surface area contributed by atoms with Gasteiger partial charge in [-0.15, -0.1) is 0 Å². The lowest BCUT2D eigenvalue weighted by atomic mass is 10.1. The quantitative estimate of drug-likeness (QED) is 0.464. The number of rotatable bonds is 7. The number of aromatic nitrogens is 2. The fourth-order valence-corrected chi connectivity index (χ4v) is 3.49. The Morgan fingerprint density at radius 1 is 1.17 bits per heavy atom. The van der Waals surface area contributed by atoms with Gasteiger partial charge in [-0.2, -0.15) is 5.10 Å². The number of amides is 1. The van der Waals surface area contributed by atoms with E-state index in [9.17, 15) is 14.9 Å². The van der Waals surface area contributed by atoms with Gasteiger partial charge in [-0.3, -0.25) is 14.9 Å². The largest absolute Gasteiger partial charge is 0.326 e. The van der Waals surface area contributed by atoms with Crippen LogP contribution in [-0.2, 0) is 11.3 Å². The summed E-state index contributed by atoms with van der Waals surface area (Å²) in [5.74, 6) is -0.143. The molecule has 8 nitrogen and oxygen atoms in total. The molecule has 1 unspecified atom stereocenters. The van der Waals surface area contributed by atoms with Crippen molar-refractivity contribution in [1.29, 1.82) is 0 Å². The fourth-order valence-electron chi connectivity index (χ4n) is 3.49. The lowest BCUT2D eigenvalue weighted by molar-refractivity contribution is -0.885. The van der Waals surface area contributed by atoms with Crippen molar-refractivity contribution in [3.8, 4) is 5.69 Å². The van der Waals surface area contributed by atoms with Crippen LogP contribution >= 0.6 is 0 Å². The number of benzene rings is 2. The molecule has 3 aromatic rings. The summed E-state index contributed by atoms with van der Waals surface area (Å²) in [6, 6.07) is 14.4. The second kappa shape index (κ2) is 8.87. The van der Waals surface area contributed by atoms with Gasteiger partial charge in [-0.1, -0.05) is 18.2 Å². The topological polar surface area (TPSA) is 94.5 Å². The normalized spacial score (nSPS) is 11.9. The summed E-state index contributed by atoms with van der Waals surface area (Å²) in [4.78, 5) is 23.9. The first-order chi connectivity index (χ1) is 14.3. The van der Waals surface area contributed by atoms with Crippen molar-refractivity contribution in [3.05, 3.63) is 81.2 Å². The molecule has 2 N–H and O–H groups in total. The number of quaternary nitrogens is 1. The van der Waals surface area contributed by atoms with Crippen LogP contribution in [0.2, 0.25) is 0 Å². The third-order valence-corrected chi connectivity index (χ3v) is 5.08. The molecule has 1 amide bonds. The lowest BCUT2D eigenvalue weighted by Gasteiger charge is -2.15. The van der Waals surface area contributed by atoms with Crippen molar-refractivity contribution >= 4 is 17.3 Å². The van der Waals surface area contributed by atoms with E-state index in [4.69, 9.17) is 0 Å². The molecule has 3 rings (SSSR count). The molecule has 0 aliphatic rings. The summed E-state index contributed by atoms with van der Waals surface area (Å²) in [6.45, 7) is 6.69. The standard InChI is InChI=1S/C22H25N5O3/c1-15-12-19(27(29)30)10-11-21(15)23-22(28)14-25(4)13-20-16(2)24-26(17(20)3)18-8-6-5-7-9-18/h5-12H,13-14H2,1-4H3,(H,23,28)/p+1. The van der Waals surface area contributed by atoms with Crippen molar-refractivity contribution < 1.29 is 14.6 Å². The molecule has 1 aromatic heterocycles. The zero-order chi connectivity index (χ0) is 21.8. The maximum absolute atomic E-state index is 12.5. The van der Waals surface area contributed by atoms with E-state index >= 15 is 0 Å². The number of nitrogens with one attached hydrogen (secondary N) is 2. The SMILES string of the molecule is Cc1cc([N+](=O)[O-])ccc1NC(=O)C[NH+](C)Cc1c(C)nn(-c2ccccc2)c1C. The zero-order valence-corrected chi connectivity index (χ0v) is 17.6. The van der Waals surface area contributed by atoms with E-state index in [-0.39, 0.29) is 18.1 Å². The lowest BCUT2D eigenvalue weighted by Crippen LogP contribution is -3.08. The minimum Gasteiger partial charge on any atom is -0.326 e. The van der Waals surface area contributed by atoms with Gasteiger partial charge < -0.3 is 10.2 Å². The van der Waals surface area contributed by atoms with Crippen LogP contribution in [0.1, 0.15) is 22.5 Å². The molecule has 0 fully saturated rings. The first-order valence-corrected chi connectivity index (χ1v) is 9.73. The highest BCUT2D eigenvalue weighted by atomic mass is 16.6. The van der Waals surface area contributed by atoms with Gasteiger partial charge in [0.15, 0.2) is 6.54 Å². The number of nitro groups is 1. The molecule has 0 saturated heterocycles. The molecule has 0 aliphatic heterocycles. The van der Waals surface area contributed by atoms with Gasteiger partial charge in [-0.05, 0) is 44.5 Å². The van der Waals surface area contributed by atoms with Crippen LogP contribution in [0.3, 0.4) is 0 Å². The number of nitro benzene ring substituents is 1. The van der Waals surface area contributed by atoms with Crippen LogP contribution in [0.5, 0.6) is 0 Å². The first kappa shape index (κ1) is 21.2. The molecule has 0 saturated carbocycles. The third kappa shape index (κ3) is 4.72. The number of hydrogen-bond donors (Lipinski definition) is 2. The second-order valence-corrected chi connectivity index (χ2v) is 7.51. The maximum atomic E-state index is 12.5. The smallest absolute Gasteiger partial charge is 0.279 e. The average molecular weight is 408 g/mol. The Balaban J connectivity index is 1.66. The summed E-state index contributed by atoms with van der Waals surface area (Å²) in [7, 11) is 1.96. The maximum Gasteiger partial charge on any atom is 0.279 e. The van der Waals surface area contributed by atoms with Crippen LogP contribution < -0.4 is 10.2 Å². The van der Waals surface area contributed by atoms with E-state index in [1.54, 1.807) is 13.0 Å². The predicted octanol–water partition coefficient (Wildman–Crippen LogP) is 2.36. The van der Waals surface area contributed by atoms with Crippen molar-refractivity contribution in [2.75, 3.05) is 18.9 Å². The Bertz CT molecular complexity index is 1080. The minimum absolute atomic E-state index is 0.00891. The van der Waals surface area contributed by atoms with Crippen molar-refractivity contribution in [3.63, 3.8) is 0 Å². The zero-order valence-electron chi connectivity index (χ0n) is 17.6.